The Kier molecular flexibility index (Phi) is 18.3. The Morgan fingerprint density at radius 2 is 0.900 bits per heavy atom. The molecule has 0 saturated heterocycles. The van der Waals surface area contributed by atoms with Crippen LogP contribution in [0.1, 0.15) is 0 Å². The number of primary amides is 4. The molecule has 0 atom stereocenters. The van der Waals surface area contributed by atoms with Crippen LogP contribution < -0.4 is 33.8 Å². The first-order valence-corrected chi connectivity index (χ1v) is 4.38. The van der Waals surface area contributed by atoms with Crippen LogP contribution in [0.3, 0.4) is 0 Å². The molecule has 0 radical (unpaired) electrons. The number of amides is 8. The van der Waals surface area contributed by atoms with Crippen molar-refractivity contribution in [1.29, 1.82) is 0 Å². The summed E-state index contributed by atoms with van der Waals surface area (Å²) in [7, 11) is 0. The topological polar surface area (TPSA) is 203 Å². The first-order chi connectivity index (χ1) is 8.07. The van der Waals surface area contributed by atoms with Gasteiger partial charge in [0.1, 0.15) is 0 Å². The summed E-state index contributed by atoms with van der Waals surface area (Å²) < 4.78 is 0.505. The maximum atomic E-state index is 9.98. The van der Waals surface area contributed by atoms with Crippen LogP contribution in [0.4, 0.5) is 19.2 Å². The second kappa shape index (κ2) is 13.7. The number of carbonyl (C=O) groups excluding carboxylic acids is 4. The molecular weight excluding hydrogens is 366 g/mol. The van der Waals surface area contributed by atoms with Gasteiger partial charge >= 0.3 is 24.1 Å². The second-order valence-electron chi connectivity index (χ2n) is 2.19. The van der Waals surface area contributed by atoms with Crippen LogP contribution in [0.2, 0.25) is 0 Å². The highest BCUT2D eigenvalue weighted by atomic mass is 35.5. The lowest BCUT2D eigenvalue weighted by Gasteiger charge is -2.08. The number of carbonyl (C=O) groups is 4. The van der Waals surface area contributed by atoms with Crippen LogP contribution in [0.15, 0.2) is 0 Å². The fourth-order valence-electron chi connectivity index (χ4n) is 0.304. The summed E-state index contributed by atoms with van der Waals surface area (Å²) in [6.07, 6.45) is 0. The highest BCUT2D eigenvalue weighted by Crippen LogP contribution is 1.84. The SMILES string of the molecule is Cl.Cl.NC(=O)NN(Cl)C(N)=O.NC(=O)NN(Cl)C(N)=O. The molecule has 0 aromatic carbocycles. The summed E-state index contributed by atoms with van der Waals surface area (Å²) in [6, 6.07) is -3.92. The first kappa shape index (κ1) is 26.7. The van der Waals surface area contributed by atoms with E-state index in [1.807, 2.05) is 0 Å². The van der Waals surface area contributed by atoms with Gasteiger partial charge < -0.3 is 22.9 Å². The number of halogens is 4. The third kappa shape index (κ3) is 18.6. The molecule has 0 aliphatic rings. The monoisotopic (exact) mass is 376 g/mol. The summed E-state index contributed by atoms with van der Waals surface area (Å²) in [4.78, 5) is 39.7. The Bertz CT molecular complexity index is 310. The van der Waals surface area contributed by atoms with Gasteiger partial charge in [0, 0.05) is 23.6 Å². The number of hydrogen-bond acceptors (Lipinski definition) is 4. The van der Waals surface area contributed by atoms with E-state index in [0.29, 0.717) is 0 Å². The Morgan fingerprint density at radius 1 is 0.700 bits per heavy atom. The molecule has 10 N–H and O–H groups in total. The van der Waals surface area contributed by atoms with Crippen LogP contribution in [0.25, 0.3) is 0 Å². The van der Waals surface area contributed by atoms with Gasteiger partial charge in [0.05, 0.1) is 0 Å². The van der Waals surface area contributed by atoms with Gasteiger partial charge in [-0.15, -0.1) is 33.9 Å². The molecule has 0 saturated carbocycles. The average Bonchev–Trinajstić information content (AvgIpc) is 2.16. The largest absolute Gasteiger partial charge is 0.350 e. The van der Waals surface area contributed by atoms with Crippen molar-refractivity contribution in [1.82, 2.24) is 19.9 Å². The molecule has 16 heteroatoms. The third-order valence-corrected chi connectivity index (χ3v) is 1.31. The molecule has 0 aliphatic carbocycles. The molecule has 0 unspecified atom stereocenters. The number of rotatable bonds is 0. The van der Waals surface area contributed by atoms with Crippen LogP contribution in [-0.2, 0) is 0 Å². The van der Waals surface area contributed by atoms with E-state index >= 15 is 0 Å². The van der Waals surface area contributed by atoms with E-state index in [4.69, 9.17) is 23.6 Å². The van der Waals surface area contributed by atoms with E-state index in [1.165, 1.54) is 0 Å². The molecule has 12 nitrogen and oxygen atoms in total. The van der Waals surface area contributed by atoms with E-state index in [9.17, 15) is 19.2 Å². The Balaban J connectivity index is -0.000000116. The predicted octanol–water partition coefficient (Wildman–Crippen LogP) is -0.948. The smallest absolute Gasteiger partial charge is 0.349 e. The van der Waals surface area contributed by atoms with Gasteiger partial charge in [0.15, 0.2) is 0 Å². The Hall–Kier alpha value is -1.76. The van der Waals surface area contributed by atoms with Crippen molar-refractivity contribution in [2.45, 2.75) is 0 Å². The predicted molar refractivity (Wildman–Crippen MR) is 74.5 cm³/mol. The fourth-order valence-corrected chi connectivity index (χ4v) is 0.470. The lowest BCUT2D eigenvalue weighted by Crippen LogP contribution is -2.44. The molecule has 0 fully saturated rings. The molecule has 120 valence electrons. The number of nitrogens with zero attached hydrogens (tertiary/aromatic N) is 2. The number of hydrazine groups is 2. The summed E-state index contributed by atoms with van der Waals surface area (Å²) in [5, 5.41) is 0. The van der Waals surface area contributed by atoms with Crippen molar-refractivity contribution in [3.05, 3.63) is 0 Å². The van der Waals surface area contributed by atoms with Crippen molar-refractivity contribution in [3.63, 3.8) is 0 Å². The van der Waals surface area contributed by atoms with Crippen LogP contribution in [-0.4, -0.2) is 33.2 Å². The average molecular weight is 378 g/mol. The van der Waals surface area contributed by atoms with Crippen LogP contribution >= 0.6 is 48.4 Å². The van der Waals surface area contributed by atoms with Gasteiger partial charge in [-0.25, -0.2) is 30.0 Å². The molecule has 0 aliphatic heterocycles. The minimum atomic E-state index is -1.00. The second-order valence-corrected chi connectivity index (χ2v) is 2.87. The number of urea groups is 4. The number of nitrogens with one attached hydrogen (secondary N) is 2. The van der Waals surface area contributed by atoms with Gasteiger partial charge in [-0.2, -0.15) is 0 Å². The lowest BCUT2D eigenvalue weighted by molar-refractivity contribution is 0.212. The van der Waals surface area contributed by atoms with E-state index in [0.717, 1.165) is 0 Å². The van der Waals surface area contributed by atoms with E-state index in [-0.39, 0.29) is 33.9 Å². The molecule has 0 heterocycles. The highest BCUT2D eigenvalue weighted by molar-refractivity contribution is 6.21. The molecule has 20 heavy (non-hydrogen) atoms. The minimum Gasteiger partial charge on any atom is -0.350 e. The van der Waals surface area contributed by atoms with Gasteiger partial charge in [-0.05, 0) is 0 Å². The third-order valence-electron chi connectivity index (χ3n) is 0.804. The molecule has 0 aromatic heterocycles. The maximum Gasteiger partial charge on any atom is 0.349 e. The summed E-state index contributed by atoms with van der Waals surface area (Å²) in [5.74, 6) is 0. The lowest BCUT2D eigenvalue weighted by atomic mass is 11.1. The van der Waals surface area contributed by atoms with Crippen molar-refractivity contribution in [3.8, 4) is 0 Å². The highest BCUT2D eigenvalue weighted by Gasteiger charge is 2.06. The zero-order valence-electron chi connectivity index (χ0n) is 9.41. The maximum absolute atomic E-state index is 9.98. The number of hydrogen-bond donors (Lipinski definition) is 6. The van der Waals surface area contributed by atoms with Gasteiger partial charge in [0.25, 0.3) is 0 Å². The van der Waals surface area contributed by atoms with E-state index < -0.39 is 24.1 Å². The summed E-state index contributed by atoms with van der Waals surface area (Å²) in [5.41, 5.74) is 21.6. The zero-order valence-corrected chi connectivity index (χ0v) is 12.6. The molecule has 0 bridgehead atoms. The van der Waals surface area contributed by atoms with Gasteiger partial charge in [-0.1, -0.05) is 0 Å². The minimum absolute atomic E-state index is 0. The molecular formula is C4H12Cl4N8O4. The Labute approximate surface area is 135 Å². The number of nitrogens with two attached hydrogens (primary N) is 4. The molecule has 0 spiro atoms. The van der Waals surface area contributed by atoms with Crippen molar-refractivity contribution in [2.75, 3.05) is 0 Å². The van der Waals surface area contributed by atoms with Crippen LogP contribution in [0.5, 0.6) is 0 Å². The molecule has 0 rings (SSSR count). The molecule has 0 aromatic rings. The van der Waals surface area contributed by atoms with Gasteiger partial charge in [-0.3, -0.25) is 0 Å². The van der Waals surface area contributed by atoms with E-state index in [1.54, 1.807) is 10.9 Å². The first-order valence-electron chi connectivity index (χ1n) is 3.70. The zero-order chi connectivity index (χ0) is 14.9. The van der Waals surface area contributed by atoms with E-state index in [2.05, 4.69) is 22.9 Å². The standard InChI is InChI=1S/2C2H5ClN4O2.2ClH/c2*3-7(2(5)9)6-1(4)8;;/h2*(H2,5,9)(H3,4,6,8);2*1H. The van der Waals surface area contributed by atoms with Crippen LogP contribution in [0, 0.1) is 0 Å². The van der Waals surface area contributed by atoms with Crippen molar-refractivity contribution < 1.29 is 19.2 Å². The fraction of sp³-hybridized carbons (Fsp3) is 0. The molecule has 8 amide bonds. The summed E-state index contributed by atoms with van der Waals surface area (Å²) in [6.45, 7) is 0. The van der Waals surface area contributed by atoms with Crippen molar-refractivity contribution in [2.24, 2.45) is 22.9 Å². The van der Waals surface area contributed by atoms with Crippen molar-refractivity contribution >= 4 is 72.5 Å². The quantitative estimate of drug-likeness (QED) is 0.233. The Morgan fingerprint density at radius 3 is 0.950 bits per heavy atom. The van der Waals surface area contributed by atoms with Gasteiger partial charge in [0.2, 0.25) is 0 Å². The summed E-state index contributed by atoms with van der Waals surface area (Å²) >= 11 is 9.92. The normalized spacial score (nSPS) is 7.30.